The van der Waals surface area contributed by atoms with E-state index < -0.39 is 0 Å². The molecule has 2 rings (SSSR count). The van der Waals surface area contributed by atoms with Crippen LogP contribution >= 0.6 is 17.0 Å². The number of methoxy groups -OCH3 is 1. The van der Waals surface area contributed by atoms with Gasteiger partial charge in [0.25, 0.3) is 0 Å². The maximum atomic E-state index is 11.6. The minimum absolute atomic E-state index is 0. The van der Waals surface area contributed by atoms with Crippen molar-refractivity contribution in [3.63, 3.8) is 0 Å². The Bertz CT molecular complexity index is 503. The lowest BCUT2D eigenvalue weighted by atomic mass is 9.69. The summed E-state index contributed by atoms with van der Waals surface area (Å²) in [7, 11) is 1.48. The summed E-state index contributed by atoms with van der Waals surface area (Å²) in [4.78, 5) is 11.6. The molecule has 3 atom stereocenters. The van der Waals surface area contributed by atoms with E-state index >= 15 is 0 Å². The first-order valence-electron chi connectivity index (χ1n) is 8.37. The van der Waals surface area contributed by atoms with Gasteiger partial charge >= 0.3 is 5.97 Å². The number of esters is 1. The number of carbonyl (C=O) groups is 1. The zero-order valence-corrected chi connectivity index (χ0v) is 16.4. The molecule has 1 saturated heterocycles. The first kappa shape index (κ1) is 20.2. The van der Waals surface area contributed by atoms with Gasteiger partial charge in [0, 0.05) is 17.9 Å². The van der Waals surface area contributed by atoms with Crippen LogP contribution in [0.2, 0.25) is 0 Å². The average Bonchev–Trinajstić information content (AvgIpc) is 2.55. The molecule has 130 valence electrons. The minimum Gasteiger partial charge on any atom is -0.469 e. The van der Waals surface area contributed by atoms with Crippen LogP contribution in [-0.2, 0) is 14.9 Å². The lowest BCUT2D eigenvalue weighted by Crippen LogP contribution is -2.51. The van der Waals surface area contributed by atoms with E-state index in [2.05, 4.69) is 50.4 Å². The monoisotopic (exact) mass is 383 g/mol. The highest BCUT2D eigenvalue weighted by Crippen LogP contribution is 2.37. The second kappa shape index (κ2) is 8.84. The molecule has 4 heteroatoms. The van der Waals surface area contributed by atoms with E-state index in [1.54, 1.807) is 0 Å². The van der Waals surface area contributed by atoms with Crippen molar-refractivity contribution >= 4 is 23.0 Å². The summed E-state index contributed by atoms with van der Waals surface area (Å²) in [6.07, 6.45) is 3.72. The number of aryl methyl sites for hydroxylation is 1. The number of hydrogen-bond donors (Lipinski definition) is 1. The van der Waals surface area contributed by atoms with Crippen molar-refractivity contribution in [3.05, 3.63) is 35.4 Å². The summed E-state index contributed by atoms with van der Waals surface area (Å²) < 4.78 is 4.84. The highest BCUT2D eigenvalue weighted by Gasteiger charge is 2.37. The molecule has 1 N–H and O–H groups in total. The number of piperidine rings is 1. The van der Waals surface area contributed by atoms with E-state index in [9.17, 15) is 4.79 Å². The predicted octanol–water partition coefficient (Wildman–Crippen LogP) is 4.17. The lowest BCUT2D eigenvalue weighted by Gasteiger charge is -2.43. The molecule has 1 aliphatic heterocycles. The first-order valence-corrected chi connectivity index (χ1v) is 8.37. The van der Waals surface area contributed by atoms with E-state index in [1.807, 2.05) is 0 Å². The fourth-order valence-corrected chi connectivity index (χ4v) is 3.57. The maximum absolute atomic E-state index is 11.6. The molecule has 0 amide bonds. The van der Waals surface area contributed by atoms with Gasteiger partial charge in [-0.3, -0.25) is 4.79 Å². The Balaban J connectivity index is 0.00000264. The molecule has 1 aromatic carbocycles. The third-order valence-electron chi connectivity index (χ3n) is 5.41. The van der Waals surface area contributed by atoms with Gasteiger partial charge in [-0.1, -0.05) is 43.7 Å². The first-order chi connectivity index (χ1) is 10.5. The van der Waals surface area contributed by atoms with E-state index in [1.165, 1.54) is 18.2 Å². The molecular formula is C19H30BrNO2. The number of hydrogen-bond acceptors (Lipinski definition) is 3. The quantitative estimate of drug-likeness (QED) is 0.775. The van der Waals surface area contributed by atoms with Crippen molar-refractivity contribution < 1.29 is 9.53 Å². The highest BCUT2D eigenvalue weighted by atomic mass is 79.9. The molecule has 0 saturated carbocycles. The molecule has 1 heterocycles. The summed E-state index contributed by atoms with van der Waals surface area (Å²) in [5.74, 6) is 0.342. The molecule has 0 spiro atoms. The van der Waals surface area contributed by atoms with Crippen molar-refractivity contribution in [1.82, 2.24) is 5.32 Å². The van der Waals surface area contributed by atoms with Crippen LogP contribution in [0.3, 0.4) is 0 Å². The maximum Gasteiger partial charge on any atom is 0.305 e. The second-order valence-electron chi connectivity index (χ2n) is 6.81. The smallest absolute Gasteiger partial charge is 0.305 e. The molecule has 1 aromatic rings. The van der Waals surface area contributed by atoms with Crippen molar-refractivity contribution in [3.8, 4) is 0 Å². The predicted molar refractivity (Wildman–Crippen MR) is 100 cm³/mol. The SMILES string of the molecule is Br.CCC(C)(c1ccc(C)cc1)[C@H]1C[C@@H](CC(=O)OC)CCN1. The van der Waals surface area contributed by atoms with Crippen LogP contribution in [0.5, 0.6) is 0 Å². The molecule has 0 radical (unpaired) electrons. The number of benzene rings is 1. The van der Waals surface area contributed by atoms with E-state index in [-0.39, 0.29) is 28.4 Å². The molecule has 1 aliphatic rings. The average molecular weight is 384 g/mol. The van der Waals surface area contributed by atoms with Crippen LogP contribution in [-0.4, -0.2) is 25.7 Å². The highest BCUT2D eigenvalue weighted by molar-refractivity contribution is 8.93. The topological polar surface area (TPSA) is 38.3 Å². The van der Waals surface area contributed by atoms with Crippen LogP contribution in [0.15, 0.2) is 24.3 Å². The van der Waals surface area contributed by atoms with Crippen molar-refractivity contribution in [1.29, 1.82) is 0 Å². The number of carbonyl (C=O) groups excluding carboxylic acids is 1. The number of nitrogens with one attached hydrogen (secondary N) is 1. The number of rotatable bonds is 5. The van der Waals surface area contributed by atoms with Crippen molar-refractivity contribution in [2.75, 3.05) is 13.7 Å². The lowest BCUT2D eigenvalue weighted by molar-refractivity contribution is -0.142. The normalized spacial score (nSPS) is 23.5. The van der Waals surface area contributed by atoms with Gasteiger partial charge in [0.2, 0.25) is 0 Å². The Morgan fingerprint density at radius 1 is 1.35 bits per heavy atom. The van der Waals surface area contributed by atoms with Crippen LogP contribution in [0.25, 0.3) is 0 Å². The molecule has 3 nitrogen and oxygen atoms in total. The van der Waals surface area contributed by atoms with Gasteiger partial charge in [0.05, 0.1) is 7.11 Å². The fourth-order valence-electron chi connectivity index (χ4n) is 3.57. The van der Waals surface area contributed by atoms with Gasteiger partial charge in [-0.15, -0.1) is 17.0 Å². The summed E-state index contributed by atoms with van der Waals surface area (Å²) in [6.45, 7) is 7.70. The zero-order valence-electron chi connectivity index (χ0n) is 14.7. The van der Waals surface area contributed by atoms with E-state index in [4.69, 9.17) is 4.74 Å². The molecule has 0 bridgehead atoms. The molecular weight excluding hydrogens is 354 g/mol. The molecule has 0 aliphatic carbocycles. The zero-order chi connectivity index (χ0) is 16.2. The summed E-state index contributed by atoms with van der Waals surface area (Å²) in [5.41, 5.74) is 2.78. The largest absolute Gasteiger partial charge is 0.469 e. The Labute approximate surface area is 151 Å². The summed E-state index contributed by atoms with van der Waals surface area (Å²) in [6, 6.07) is 9.30. The number of ether oxygens (including phenoxy) is 1. The van der Waals surface area contributed by atoms with Gasteiger partial charge in [-0.25, -0.2) is 0 Å². The molecule has 1 unspecified atom stereocenters. The van der Waals surface area contributed by atoms with Gasteiger partial charge in [0.1, 0.15) is 0 Å². The van der Waals surface area contributed by atoms with Crippen molar-refractivity contribution in [2.45, 2.75) is 57.9 Å². The Kier molecular flexibility index (Phi) is 7.75. The van der Waals surface area contributed by atoms with E-state index in [0.717, 1.165) is 25.8 Å². The van der Waals surface area contributed by atoms with Gasteiger partial charge in [-0.2, -0.15) is 0 Å². The van der Waals surface area contributed by atoms with Crippen LogP contribution in [0.1, 0.15) is 50.7 Å². The molecule has 0 aromatic heterocycles. The Morgan fingerprint density at radius 2 is 2.00 bits per heavy atom. The third kappa shape index (κ3) is 4.80. The van der Waals surface area contributed by atoms with Crippen LogP contribution in [0.4, 0.5) is 0 Å². The molecule has 1 fully saturated rings. The number of halogens is 1. The minimum atomic E-state index is -0.0841. The van der Waals surface area contributed by atoms with Crippen LogP contribution in [0, 0.1) is 12.8 Å². The molecule has 23 heavy (non-hydrogen) atoms. The standard InChI is InChI=1S/C19H29NO2.BrH/c1-5-19(3,16-8-6-14(2)7-9-16)17-12-15(10-11-20-17)13-18(21)22-4;/h6-9,15,17,20H,5,10-13H2,1-4H3;1H/t15-,17+,19?;/m0./s1. The summed E-state index contributed by atoms with van der Waals surface area (Å²) >= 11 is 0. The third-order valence-corrected chi connectivity index (χ3v) is 5.41. The Morgan fingerprint density at radius 3 is 2.57 bits per heavy atom. The van der Waals surface area contributed by atoms with E-state index in [0.29, 0.717) is 18.4 Å². The van der Waals surface area contributed by atoms with Gasteiger partial charge in [0.15, 0.2) is 0 Å². The van der Waals surface area contributed by atoms with Crippen LogP contribution < -0.4 is 5.32 Å². The van der Waals surface area contributed by atoms with Crippen molar-refractivity contribution in [2.24, 2.45) is 5.92 Å². The fraction of sp³-hybridized carbons (Fsp3) is 0.632. The van der Waals surface area contributed by atoms with Gasteiger partial charge < -0.3 is 10.1 Å². The second-order valence-corrected chi connectivity index (χ2v) is 6.81. The Hall–Kier alpha value is -0.870. The van der Waals surface area contributed by atoms with Gasteiger partial charge in [-0.05, 0) is 44.2 Å². The summed E-state index contributed by atoms with van der Waals surface area (Å²) in [5, 5.41) is 3.69.